The number of rotatable bonds is 7. The maximum atomic E-state index is 4.36. The van der Waals surface area contributed by atoms with Gasteiger partial charge in [0.25, 0.3) is 0 Å². The number of hydrogen-bond acceptors (Lipinski definition) is 0. The molecule has 0 N–H and O–H groups in total. The Labute approximate surface area is 313 Å². The first-order valence-corrected chi connectivity index (χ1v) is 20.3. The Morgan fingerprint density at radius 1 is 0.423 bits per heavy atom. The fraction of sp³-hybridized carbons (Fsp3) is 0.462. The van der Waals surface area contributed by atoms with E-state index >= 15 is 0 Å². The summed E-state index contributed by atoms with van der Waals surface area (Å²) in [4.78, 5) is 0. The van der Waals surface area contributed by atoms with Gasteiger partial charge in [-0.2, -0.15) is 0 Å². The summed E-state index contributed by atoms with van der Waals surface area (Å²) in [6.07, 6.45) is 24.6. The molecule has 0 heterocycles. The molecule has 12 rings (SSSR count). The van der Waals surface area contributed by atoms with Gasteiger partial charge in [-0.25, -0.2) is 0 Å². The van der Waals surface area contributed by atoms with Gasteiger partial charge in [-0.15, -0.1) is 0 Å². The third-order valence-corrected chi connectivity index (χ3v) is 16.4. The first-order chi connectivity index (χ1) is 24.7. The van der Waals surface area contributed by atoms with E-state index in [9.17, 15) is 0 Å². The predicted molar refractivity (Wildman–Crippen MR) is 224 cm³/mol. The van der Waals surface area contributed by atoms with Crippen LogP contribution >= 0.6 is 0 Å². The summed E-state index contributed by atoms with van der Waals surface area (Å²) in [7, 11) is 0. The molecule has 8 saturated carbocycles. The number of benzene rings is 4. The van der Waals surface area contributed by atoms with Crippen LogP contribution in [-0.2, 0) is 10.8 Å². The third kappa shape index (κ3) is 4.28. The van der Waals surface area contributed by atoms with Crippen LogP contribution in [0.1, 0.15) is 138 Å². The van der Waals surface area contributed by atoms with Gasteiger partial charge in [0.05, 0.1) is 0 Å². The highest BCUT2D eigenvalue weighted by atomic mass is 14.8. The van der Waals surface area contributed by atoms with Gasteiger partial charge in [0, 0.05) is 0 Å². The maximum absolute atomic E-state index is 4.36. The summed E-state index contributed by atoms with van der Waals surface area (Å²) in [5, 5.41) is 5.62. The van der Waals surface area contributed by atoms with Gasteiger partial charge in [-0.05, 0) is 200 Å². The normalized spacial score (nSPS) is 41.1. The molecule has 4 aromatic carbocycles. The van der Waals surface area contributed by atoms with Crippen LogP contribution in [0.25, 0.3) is 45.8 Å². The molecule has 4 aromatic rings. The Bertz CT molecular complexity index is 2080. The smallest absolute Gasteiger partial charge is 0.00248 e. The minimum Gasteiger partial charge on any atom is -0.0985 e. The Balaban J connectivity index is 1.19. The van der Waals surface area contributed by atoms with Gasteiger partial charge in [-0.3, -0.25) is 0 Å². The number of fused-ring (bicyclic) bond motifs is 2. The molecule has 0 radical (unpaired) electrons. The Kier molecular flexibility index (Phi) is 6.41. The Morgan fingerprint density at radius 2 is 0.788 bits per heavy atom. The maximum Gasteiger partial charge on any atom is -0.00248 e. The van der Waals surface area contributed by atoms with E-state index in [1.165, 1.54) is 121 Å². The molecule has 52 heavy (non-hydrogen) atoms. The van der Waals surface area contributed by atoms with E-state index in [0.717, 1.165) is 0 Å². The third-order valence-electron chi connectivity index (χ3n) is 16.4. The van der Waals surface area contributed by atoms with Gasteiger partial charge < -0.3 is 0 Å². The van der Waals surface area contributed by atoms with Crippen molar-refractivity contribution in [3.8, 4) is 0 Å². The van der Waals surface area contributed by atoms with Crippen molar-refractivity contribution in [3.05, 3.63) is 120 Å². The van der Waals surface area contributed by atoms with Gasteiger partial charge in [0.1, 0.15) is 0 Å². The van der Waals surface area contributed by atoms with Crippen LogP contribution in [0.3, 0.4) is 0 Å². The van der Waals surface area contributed by atoms with Gasteiger partial charge in [0.15, 0.2) is 0 Å². The van der Waals surface area contributed by atoms with E-state index in [1.807, 2.05) is 12.2 Å². The molecule has 266 valence electrons. The molecule has 0 heteroatoms. The minimum atomic E-state index is 0.181. The van der Waals surface area contributed by atoms with E-state index in [0.29, 0.717) is 32.5 Å². The van der Waals surface area contributed by atoms with Crippen molar-refractivity contribution in [1.82, 2.24) is 0 Å². The Morgan fingerprint density at radius 3 is 1.12 bits per heavy atom. The average Bonchev–Trinajstić information content (AvgIpc) is 3.06. The molecule has 0 amide bonds. The lowest BCUT2D eigenvalue weighted by molar-refractivity contribution is -0.275. The van der Waals surface area contributed by atoms with Crippen molar-refractivity contribution in [1.29, 1.82) is 0 Å². The van der Waals surface area contributed by atoms with Gasteiger partial charge >= 0.3 is 0 Å². The van der Waals surface area contributed by atoms with E-state index in [1.54, 1.807) is 11.1 Å². The zero-order valence-corrected chi connectivity index (χ0v) is 32.4. The molecule has 8 fully saturated rings. The summed E-state index contributed by atoms with van der Waals surface area (Å²) >= 11 is 0. The monoisotopic (exact) mass is 682 g/mol. The molecule has 0 aromatic heterocycles. The van der Waals surface area contributed by atoms with Crippen molar-refractivity contribution in [2.45, 2.75) is 116 Å². The molecule has 8 aliphatic rings. The second-order valence-corrected chi connectivity index (χ2v) is 21.3. The van der Waals surface area contributed by atoms with Crippen LogP contribution in [0.5, 0.6) is 0 Å². The topological polar surface area (TPSA) is 0 Å². The molecular formula is C52H58. The van der Waals surface area contributed by atoms with E-state index in [2.05, 4.69) is 127 Å². The van der Waals surface area contributed by atoms with Gasteiger partial charge in [0.2, 0.25) is 0 Å². The van der Waals surface area contributed by atoms with Crippen molar-refractivity contribution in [2.75, 3.05) is 0 Å². The van der Waals surface area contributed by atoms with Crippen LogP contribution in [0.4, 0.5) is 0 Å². The molecule has 8 bridgehead atoms. The second-order valence-electron chi connectivity index (χ2n) is 21.3. The highest BCUT2D eigenvalue weighted by molar-refractivity contribution is 5.97. The van der Waals surface area contributed by atoms with Crippen LogP contribution < -0.4 is 0 Å². The lowest BCUT2D eigenvalue weighted by atomic mass is 9.24. The molecule has 8 aliphatic carbocycles. The summed E-state index contributed by atoms with van der Waals surface area (Å²) in [6.45, 7) is 27.9. The summed E-state index contributed by atoms with van der Waals surface area (Å²) in [5.74, 6) is 0. The lowest BCUT2D eigenvalue weighted by Gasteiger charge is -2.80. The van der Waals surface area contributed by atoms with Crippen LogP contribution in [0.2, 0.25) is 0 Å². The molecule has 0 spiro atoms. The van der Waals surface area contributed by atoms with Gasteiger partial charge in [-0.1, -0.05) is 115 Å². The highest BCUT2D eigenvalue weighted by Crippen LogP contribution is 2.85. The molecule has 0 aliphatic heterocycles. The summed E-state index contributed by atoms with van der Waals surface area (Å²) < 4.78 is 0. The first kappa shape index (κ1) is 33.0. The molecular weight excluding hydrogens is 625 g/mol. The summed E-state index contributed by atoms with van der Waals surface area (Å²) in [6, 6.07) is 23.9. The molecule has 0 nitrogen and oxygen atoms in total. The molecule has 0 saturated heterocycles. The first-order valence-electron chi connectivity index (χ1n) is 20.3. The predicted octanol–water partition coefficient (Wildman–Crippen LogP) is 14.5. The van der Waals surface area contributed by atoms with Crippen LogP contribution in [0, 0.1) is 32.5 Å². The zero-order valence-electron chi connectivity index (χ0n) is 32.4. The van der Waals surface area contributed by atoms with E-state index < -0.39 is 0 Å². The van der Waals surface area contributed by atoms with Crippen molar-refractivity contribution in [3.63, 3.8) is 0 Å². The van der Waals surface area contributed by atoms with Crippen molar-refractivity contribution < 1.29 is 0 Å². The summed E-state index contributed by atoms with van der Waals surface area (Å²) in [5.41, 5.74) is 10.6. The zero-order chi connectivity index (χ0) is 36.2. The van der Waals surface area contributed by atoms with E-state index in [4.69, 9.17) is 0 Å². The van der Waals surface area contributed by atoms with E-state index in [-0.39, 0.29) is 10.8 Å². The SMILES string of the molecule is C=Cc1cc(C=C)c2c(C34CC5(C)CC(C)(C3)CC(C36CC7(C)CC(C)(CC(c8cccc9cc(C=C)cc(C=C)c89)(C7)C3)C6)(C5)C4)cccc2c1. The van der Waals surface area contributed by atoms with Crippen LogP contribution in [-0.4, -0.2) is 0 Å². The largest absolute Gasteiger partial charge is 0.0985 e. The Hall–Kier alpha value is -3.64. The highest BCUT2D eigenvalue weighted by Gasteiger charge is 2.76. The fourth-order valence-electron chi connectivity index (χ4n) is 17.5. The fourth-order valence-corrected chi connectivity index (χ4v) is 17.5. The van der Waals surface area contributed by atoms with Crippen LogP contribution in [0.15, 0.2) is 87.0 Å². The van der Waals surface area contributed by atoms with Crippen molar-refractivity contribution >= 4 is 45.8 Å². The quantitative estimate of drug-likeness (QED) is 0.182. The second kappa shape index (κ2) is 10.1. The lowest BCUT2D eigenvalue weighted by Crippen LogP contribution is -2.71. The molecule has 4 atom stereocenters. The minimum absolute atomic E-state index is 0.181. The average molecular weight is 683 g/mol. The number of hydrogen-bond donors (Lipinski definition) is 0. The molecule has 4 unspecified atom stereocenters. The van der Waals surface area contributed by atoms with Crippen molar-refractivity contribution in [2.24, 2.45) is 32.5 Å². The standard InChI is InChI=1S/C52H58/c1-9-35-19-37(11-3)43-39(21-35)15-13-17-41(43)49-25-45(5)23-46(6,26-49)30-51(29-45,33-49)52-31-47(7)24-48(8,32-52)28-50(27-47,34-52)42-18-14-16-40-22-36(10-2)20-38(12-4)44(40)42/h9-22H,1-4,23-34H2,5-8H3.